The van der Waals surface area contributed by atoms with Crippen LogP contribution in [0.4, 0.5) is 0 Å². The first-order valence-electron chi connectivity index (χ1n) is 14.3. The summed E-state index contributed by atoms with van der Waals surface area (Å²) in [6.07, 6.45) is 19.6. The number of carbonyl (C=O) groups excluding carboxylic acids is 1. The molecule has 1 amide bonds. The monoisotopic (exact) mass is 495 g/mol. The highest BCUT2D eigenvalue weighted by molar-refractivity contribution is 5.96. The van der Waals surface area contributed by atoms with Gasteiger partial charge in [-0.2, -0.15) is 0 Å². The zero-order valence-corrected chi connectivity index (χ0v) is 22.9. The molecule has 1 saturated carbocycles. The number of morpholine rings is 1. The highest BCUT2D eigenvalue weighted by Crippen LogP contribution is 2.32. The zero-order valence-electron chi connectivity index (χ0n) is 22.9. The van der Waals surface area contributed by atoms with Crippen LogP contribution in [0.3, 0.4) is 0 Å². The fourth-order valence-corrected chi connectivity index (χ4v) is 5.91. The van der Waals surface area contributed by atoms with E-state index in [2.05, 4.69) is 60.4 Å². The normalized spacial score (nSPS) is 25.7. The Bertz CT molecular complexity index is 814. The molecule has 3 rings (SSSR count). The SMILES string of the molecule is C=C/C=C(\CC=C)C1=CC(C(=O)NCC2CCC(CCC)CC2)=CC(C)N1CCCN1CCOCC1. The summed E-state index contributed by atoms with van der Waals surface area (Å²) in [5.41, 5.74) is 3.06. The van der Waals surface area contributed by atoms with Gasteiger partial charge < -0.3 is 15.0 Å². The summed E-state index contributed by atoms with van der Waals surface area (Å²) >= 11 is 0. The molecule has 0 radical (unpaired) electrons. The molecule has 1 N–H and O–H groups in total. The molecule has 3 aliphatic rings. The molecule has 200 valence electrons. The Morgan fingerprint density at radius 2 is 1.86 bits per heavy atom. The van der Waals surface area contributed by atoms with Crippen molar-refractivity contribution < 1.29 is 9.53 Å². The second kappa shape index (κ2) is 15.2. The van der Waals surface area contributed by atoms with Gasteiger partial charge in [-0.3, -0.25) is 9.69 Å². The van der Waals surface area contributed by atoms with E-state index >= 15 is 0 Å². The first-order valence-corrected chi connectivity index (χ1v) is 14.3. The van der Waals surface area contributed by atoms with E-state index in [1.165, 1.54) is 38.5 Å². The molecule has 1 saturated heterocycles. The fourth-order valence-electron chi connectivity index (χ4n) is 5.91. The molecule has 2 aliphatic heterocycles. The predicted molar refractivity (Wildman–Crippen MR) is 151 cm³/mol. The zero-order chi connectivity index (χ0) is 25.8. The van der Waals surface area contributed by atoms with Crippen LogP contribution in [0.5, 0.6) is 0 Å². The van der Waals surface area contributed by atoms with Gasteiger partial charge in [0.25, 0.3) is 5.91 Å². The maximum Gasteiger partial charge on any atom is 0.251 e. The van der Waals surface area contributed by atoms with Crippen molar-refractivity contribution in [1.29, 1.82) is 0 Å². The van der Waals surface area contributed by atoms with Gasteiger partial charge >= 0.3 is 0 Å². The average molecular weight is 496 g/mol. The van der Waals surface area contributed by atoms with E-state index in [-0.39, 0.29) is 11.9 Å². The van der Waals surface area contributed by atoms with E-state index in [4.69, 9.17) is 4.74 Å². The highest BCUT2D eigenvalue weighted by Gasteiger charge is 2.26. The van der Waals surface area contributed by atoms with Gasteiger partial charge in [-0.25, -0.2) is 0 Å². The number of hydrogen-bond donors (Lipinski definition) is 1. The maximum absolute atomic E-state index is 13.2. The quantitative estimate of drug-likeness (QED) is 0.266. The Hall–Kier alpha value is -2.11. The van der Waals surface area contributed by atoms with Crippen molar-refractivity contribution in [2.24, 2.45) is 11.8 Å². The van der Waals surface area contributed by atoms with Gasteiger partial charge in [0.15, 0.2) is 0 Å². The van der Waals surface area contributed by atoms with Crippen LogP contribution >= 0.6 is 0 Å². The molecule has 0 spiro atoms. The third-order valence-corrected chi connectivity index (χ3v) is 7.98. The van der Waals surface area contributed by atoms with Crippen LogP contribution in [-0.4, -0.2) is 67.7 Å². The number of allylic oxidation sites excluding steroid dienone is 4. The minimum atomic E-state index is 0.0551. The Morgan fingerprint density at radius 1 is 1.14 bits per heavy atom. The summed E-state index contributed by atoms with van der Waals surface area (Å²) in [6.45, 7) is 18.9. The molecule has 0 aromatic heterocycles. The topological polar surface area (TPSA) is 44.8 Å². The van der Waals surface area contributed by atoms with Crippen molar-refractivity contribution in [3.05, 3.63) is 60.4 Å². The number of nitrogens with zero attached hydrogens (tertiary/aromatic N) is 2. The van der Waals surface area contributed by atoms with Crippen molar-refractivity contribution in [1.82, 2.24) is 15.1 Å². The summed E-state index contributed by atoms with van der Waals surface area (Å²) in [6, 6.07) is 0.151. The van der Waals surface area contributed by atoms with E-state index in [0.29, 0.717) is 5.92 Å². The molecule has 1 atom stereocenters. The first kappa shape index (κ1) is 28.5. The number of rotatable bonds is 13. The minimum Gasteiger partial charge on any atom is -0.379 e. The van der Waals surface area contributed by atoms with Gasteiger partial charge in [-0.15, -0.1) is 6.58 Å². The second-order valence-corrected chi connectivity index (χ2v) is 10.7. The standard InChI is InChI=1S/C31H49N3O2/c1-5-9-26-12-14-27(15-13-26)24-32-31(35)29-22-25(4)34(17-8-16-33-18-20-36-21-19-33)30(23-29)28(10-6-2)11-7-3/h6-7,10,22-23,25-27H,2-3,5,8-9,11-21,24H2,1,4H3,(H,32,35)/b28-10+. The molecule has 2 fully saturated rings. The molecule has 5 nitrogen and oxygen atoms in total. The molecule has 5 heteroatoms. The first-order chi connectivity index (χ1) is 17.5. The van der Waals surface area contributed by atoms with E-state index in [9.17, 15) is 4.79 Å². The number of amides is 1. The Balaban J connectivity index is 1.63. The predicted octanol–water partition coefficient (Wildman–Crippen LogP) is 5.63. The lowest BCUT2D eigenvalue weighted by atomic mass is 9.80. The van der Waals surface area contributed by atoms with Gasteiger partial charge in [-0.1, -0.05) is 57.4 Å². The lowest BCUT2D eigenvalue weighted by Crippen LogP contribution is -2.41. The molecule has 0 aromatic rings. The van der Waals surface area contributed by atoms with E-state index in [0.717, 1.165) is 81.5 Å². The summed E-state index contributed by atoms with van der Waals surface area (Å²) in [7, 11) is 0. The van der Waals surface area contributed by atoms with Crippen LogP contribution in [0, 0.1) is 11.8 Å². The van der Waals surface area contributed by atoms with Crippen LogP contribution < -0.4 is 5.32 Å². The Labute approximate surface area is 220 Å². The van der Waals surface area contributed by atoms with Crippen molar-refractivity contribution >= 4 is 5.91 Å². The van der Waals surface area contributed by atoms with Gasteiger partial charge in [0, 0.05) is 50.0 Å². The molecular weight excluding hydrogens is 446 g/mol. The number of hydrogen-bond acceptors (Lipinski definition) is 4. The summed E-state index contributed by atoms with van der Waals surface area (Å²) < 4.78 is 5.49. The summed E-state index contributed by atoms with van der Waals surface area (Å²) in [5, 5.41) is 3.27. The lowest BCUT2D eigenvalue weighted by Gasteiger charge is -2.37. The second-order valence-electron chi connectivity index (χ2n) is 10.7. The van der Waals surface area contributed by atoms with Gasteiger partial charge in [0.2, 0.25) is 0 Å². The largest absolute Gasteiger partial charge is 0.379 e. The Morgan fingerprint density at radius 3 is 2.53 bits per heavy atom. The summed E-state index contributed by atoms with van der Waals surface area (Å²) in [4.78, 5) is 18.2. The molecule has 2 heterocycles. The molecule has 0 bridgehead atoms. The molecule has 1 aliphatic carbocycles. The van der Waals surface area contributed by atoms with Gasteiger partial charge in [-0.05, 0) is 62.2 Å². The van der Waals surface area contributed by atoms with Crippen LogP contribution in [0.15, 0.2) is 60.4 Å². The van der Waals surface area contributed by atoms with Crippen molar-refractivity contribution in [3.8, 4) is 0 Å². The van der Waals surface area contributed by atoms with E-state index in [1.807, 2.05) is 12.2 Å². The third-order valence-electron chi connectivity index (χ3n) is 7.98. The number of ether oxygens (including phenoxy) is 1. The molecule has 1 unspecified atom stereocenters. The molecule has 0 aromatic carbocycles. The van der Waals surface area contributed by atoms with Crippen LogP contribution in [0.25, 0.3) is 0 Å². The number of carbonyl (C=O) groups is 1. The van der Waals surface area contributed by atoms with Gasteiger partial charge in [0.05, 0.1) is 13.2 Å². The van der Waals surface area contributed by atoms with Crippen LogP contribution in [-0.2, 0) is 9.53 Å². The van der Waals surface area contributed by atoms with E-state index in [1.54, 1.807) is 0 Å². The average Bonchev–Trinajstić information content (AvgIpc) is 2.89. The van der Waals surface area contributed by atoms with E-state index < -0.39 is 0 Å². The number of nitrogens with one attached hydrogen (secondary N) is 1. The van der Waals surface area contributed by atoms with Gasteiger partial charge in [0.1, 0.15) is 0 Å². The smallest absolute Gasteiger partial charge is 0.251 e. The van der Waals surface area contributed by atoms with Crippen LogP contribution in [0.1, 0.15) is 65.2 Å². The fraction of sp³-hybridized carbons (Fsp3) is 0.645. The van der Waals surface area contributed by atoms with Crippen molar-refractivity contribution in [2.75, 3.05) is 45.9 Å². The molecular formula is C31H49N3O2. The molecule has 36 heavy (non-hydrogen) atoms. The highest BCUT2D eigenvalue weighted by atomic mass is 16.5. The van der Waals surface area contributed by atoms with Crippen molar-refractivity contribution in [3.63, 3.8) is 0 Å². The summed E-state index contributed by atoms with van der Waals surface area (Å²) in [5.74, 6) is 1.56. The minimum absolute atomic E-state index is 0.0551. The lowest BCUT2D eigenvalue weighted by molar-refractivity contribution is -0.117. The Kier molecular flexibility index (Phi) is 12.0. The van der Waals surface area contributed by atoms with Crippen LogP contribution in [0.2, 0.25) is 0 Å². The van der Waals surface area contributed by atoms with Crippen molar-refractivity contribution in [2.45, 2.75) is 71.3 Å². The third kappa shape index (κ3) is 8.48. The maximum atomic E-state index is 13.2.